The monoisotopic (exact) mass is 409 g/mol. The van der Waals surface area contributed by atoms with Gasteiger partial charge in [-0.2, -0.15) is 0 Å². The highest BCUT2D eigenvalue weighted by atomic mass is 16.5. The Kier molecular flexibility index (Phi) is 4.88. The number of ether oxygens (including phenoxy) is 1. The number of carbonyl (C=O) groups is 1. The summed E-state index contributed by atoms with van der Waals surface area (Å²) in [4.78, 5) is 15.5. The molecular weight excluding hydrogens is 386 g/mol. The molecule has 0 aliphatic heterocycles. The minimum absolute atomic E-state index is 0.101. The highest BCUT2D eigenvalue weighted by molar-refractivity contribution is 5.93. The van der Waals surface area contributed by atoms with Gasteiger partial charge in [-0.05, 0) is 47.1 Å². The highest BCUT2D eigenvalue weighted by Gasteiger charge is 2.29. The SMILES string of the molecule is NC(=O)c1ccc(Oc2cccc3c([C@@H](N)C4CCc5ccccc54)cccc23)nc1. The first-order valence-corrected chi connectivity index (χ1v) is 10.4. The van der Waals surface area contributed by atoms with E-state index >= 15 is 0 Å². The average Bonchev–Trinajstić information content (AvgIpc) is 3.23. The van der Waals surface area contributed by atoms with E-state index in [0.717, 1.165) is 29.2 Å². The topological polar surface area (TPSA) is 91.2 Å². The molecule has 5 nitrogen and oxygen atoms in total. The lowest BCUT2D eigenvalue weighted by Crippen LogP contribution is -2.18. The molecule has 5 rings (SSSR count). The zero-order chi connectivity index (χ0) is 21.4. The molecule has 0 fully saturated rings. The fourth-order valence-electron chi connectivity index (χ4n) is 4.56. The Hall–Kier alpha value is -3.70. The number of carbonyl (C=O) groups excluding carboxylic acids is 1. The maximum absolute atomic E-state index is 11.3. The number of nitrogens with zero attached hydrogens (tertiary/aromatic N) is 1. The molecule has 2 atom stereocenters. The summed E-state index contributed by atoms with van der Waals surface area (Å²) >= 11 is 0. The third kappa shape index (κ3) is 3.53. The third-order valence-corrected chi connectivity index (χ3v) is 6.12. The van der Waals surface area contributed by atoms with Gasteiger partial charge in [0.25, 0.3) is 0 Å². The summed E-state index contributed by atoms with van der Waals surface area (Å²) in [5.74, 6) is 0.875. The van der Waals surface area contributed by atoms with Gasteiger partial charge in [0.2, 0.25) is 11.8 Å². The number of fused-ring (bicyclic) bond motifs is 2. The van der Waals surface area contributed by atoms with E-state index in [2.05, 4.69) is 41.4 Å². The molecule has 1 heterocycles. The Morgan fingerprint density at radius 3 is 2.58 bits per heavy atom. The average molecular weight is 409 g/mol. The largest absolute Gasteiger partial charge is 0.438 e. The van der Waals surface area contributed by atoms with Crippen LogP contribution in [-0.2, 0) is 6.42 Å². The van der Waals surface area contributed by atoms with Crippen LogP contribution in [0.25, 0.3) is 10.8 Å². The first-order chi connectivity index (χ1) is 15.1. The van der Waals surface area contributed by atoms with Gasteiger partial charge in [0.1, 0.15) is 5.75 Å². The number of pyridine rings is 1. The summed E-state index contributed by atoms with van der Waals surface area (Å²) in [6.45, 7) is 0. The smallest absolute Gasteiger partial charge is 0.250 e. The molecule has 1 aliphatic carbocycles. The molecule has 1 amide bonds. The number of aryl methyl sites for hydroxylation is 1. The standard InChI is InChI=1S/C26H23N3O2/c27-25(22-13-11-16-5-1-2-6-18(16)22)21-9-3-8-20-19(21)7-4-10-23(20)31-24-14-12-17(15-29-24)26(28)30/h1-10,12,14-15,22,25H,11,13,27H2,(H2,28,30)/t22?,25-/m1/s1. The third-order valence-electron chi connectivity index (χ3n) is 6.12. The normalized spacial score (nSPS) is 16.1. The summed E-state index contributed by atoms with van der Waals surface area (Å²) in [6.07, 6.45) is 3.55. The molecule has 0 saturated carbocycles. The second kappa shape index (κ2) is 7.85. The van der Waals surface area contributed by atoms with Crippen LogP contribution in [0.2, 0.25) is 0 Å². The second-order valence-electron chi connectivity index (χ2n) is 7.92. The molecule has 0 bridgehead atoms. The summed E-state index contributed by atoms with van der Waals surface area (Å²) < 4.78 is 6.04. The zero-order valence-corrected chi connectivity index (χ0v) is 17.0. The van der Waals surface area contributed by atoms with Crippen LogP contribution in [0.15, 0.2) is 79.0 Å². The van der Waals surface area contributed by atoms with Crippen molar-refractivity contribution >= 4 is 16.7 Å². The van der Waals surface area contributed by atoms with Crippen molar-refractivity contribution in [1.29, 1.82) is 0 Å². The molecule has 0 saturated heterocycles. The van der Waals surface area contributed by atoms with E-state index in [1.54, 1.807) is 12.1 Å². The van der Waals surface area contributed by atoms with E-state index in [4.69, 9.17) is 16.2 Å². The van der Waals surface area contributed by atoms with Crippen LogP contribution in [0.3, 0.4) is 0 Å². The lowest BCUT2D eigenvalue weighted by Gasteiger charge is -2.23. The van der Waals surface area contributed by atoms with Gasteiger partial charge in [-0.1, -0.05) is 54.6 Å². The van der Waals surface area contributed by atoms with E-state index in [9.17, 15) is 4.79 Å². The van der Waals surface area contributed by atoms with Gasteiger partial charge in [0, 0.05) is 29.6 Å². The summed E-state index contributed by atoms with van der Waals surface area (Å²) in [5, 5.41) is 2.05. The quantitative estimate of drug-likeness (QED) is 0.493. The lowest BCUT2D eigenvalue weighted by atomic mass is 9.86. The molecule has 4 N–H and O–H groups in total. The molecule has 3 aromatic carbocycles. The van der Waals surface area contributed by atoms with E-state index in [1.165, 1.54) is 17.3 Å². The van der Waals surface area contributed by atoms with Crippen LogP contribution >= 0.6 is 0 Å². The van der Waals surface area contributed by atoms with Crippen LogP contribution < -0.4 is 16.2 Å². The maximum Gasteiger partial charge on any atom is 0.250 e. The van der Waals surface area contributed by atoms with Crippen LogP contribution in [0.4, 0.5) is 0 Å². The zero-order valence-electron chi connectivity index (χ0n) is 17.0. The van der Waals surface area contributed by atoms with Gasteiger partial charge in [0.05, 0.1) is 5.56 Å². The van der Waals surface area contributed by atoms with Crippen molar-refractivity contribution < 1.29 is 9.53 Å². The maximum atomic E-state index is 11.3. The van der Waals surface area contributed by atoms with Crippen molar-refractivity contribution in [2.75, 3.05) is 0 Å². The molecule has 0 radical (unpaired) electrons. The van der Waals surface area contributed by atoms with Gasteiger partial charge >= 0.3 is 0 Å². The van der Waals surface area contributed by atoms with Crippen LogP contribution in [0.5, 0.6) is 11.6 Å². The Balaban J connectivity index is 1.50. The number of nitrogens with two attached hydrogens (primary N) is 2. The number of amides is 1. The van der Waals surface area contributed by atoms with Gasteiger partial charge < -0.3 is 16.2 Å². The molecular formula is C26H23N3O2. The predicted octanol–water partition coefficient (Wildman–Crippen LogP) is 4.86. The lowest BCUT2D eigenvalue weighted by molar-refractivity contribution is 0.1000. The Morgan fingerprint density at radius 2 is 1.77 bits per heavy atom. The van der Waals surface area contributed by atoms with Crippen LogP contribution in [-0.4, -0.2) is 10.9 Å². The number of benzene rings is 3. The van der Waals surface area contributed by atoms with Crippen molar-refractivity contribution in [1.82, 2.24) is 4.98 Å². The number of hydrogen-bond acceptors (Lipinski definition) is 4. The highest BCUT2D eigenvalue weighted by Crippen LogP contribution is 2.43. The summed E-state index contributed by atoms with van der Waals surface area (Å²) in [6, 6.07) is 23.9. The fraction of sp³-hybridized carbons (Fsp3) is 0.154. The minimum Gasteiger partial charge on any atom is -0.438 e. The Labute approximate surface area is 180 Å². The number of rotatable bonds is 5. The van der Waals surface area contributed by atoms with Crippen molar-refractivity contribution in [2.24, 2.45) is 11.5 Å². The molecule has 0 spiro atoms. The van der Waals surface area contributed by atoms with Crippen molar-refractivity contribution in [2.45, 2.75) is 24.8 Å². The first kappa shape index (κ1) is 19.3. The van der Waals surface area contributed by atoms with E-state index in [1.807, 2.05) is 24.3 Å². The number of primary amides is 1. The molecule has 154 valence electrons. The van der Waals surface area contributed by atoms with E-state index < -0.39 is 5.91 Å². The van der Waals surface area contributed by atoms with Crippen molar-refractivity contribution in [3.63, 3.8) is 0 Å². The molecule has 4 aromatic rings. The van der Waals surface area contributed by atoms with Gasteiger partial charge in [-0.25, -0.2) is 4.98 Å². The van der Waals surface area contributed by atoms with Gasteiger partial charge in [-0.15, -0.1) is 0 Å². The van der Waals surface area contributed by atoms with E-state index in [0.29, 0.717) is 23.1 Å². The predicted molar refractivity (Wildman–Crippen MR) is 121 cm³/mol. The fourth-order valence-corrected chi connectivity index (χ4v) is 4.56. The number of aromatic nitrogens is 1. The molecule has 5 heteroatoms. The van der Waals surface area contributed by atoms with E-state index in [-0.39, 0.29) is 6.04 Å². The number of hydrogen-bond donors (Lipinski definition) is 2. The summed E-state index contributed by atoms with van der Waals surface area (Å²) in [7, 11) is 0. The molecule has 1 aliphatic rings. The Bertz CT molecular complexity index is 1270. The van der Waals surface area contributed by atoms with Crippen LogP contribution in [0, 0.1) is 0 Å². The first-order valence-electron chi connectivity index (χ1n) is 10.4. The second-order valence-corrected chi connectivity index (χ2v) is 7.92. The Morgan fingerprint density at radius 1 is 0.968 bits per heavy atom. The van der Waals surface area contributed by atoms with Gasteiger partial charge in [0.15, 0.2) is 0 Å². The van der Waals surface area contributed by atoms with Crippen LogP contribution in [0.1, 0.15) is 45.4 Å². The minimum atomic E-state index is -0.517. The summed E-state index contributed by atoms with van der Waals surface area (Å²) in [5.41, 5.74) is 16.3. The molecule has 1 unspecified atom stereocenters. The van der Waals surface area contributed by atoms with Gasteiger partial charge in [-0.3, -0.25) is 4.79 Å². The molecule has 31 heavy (non-hydrogen) atoms. The molecule has 1 aromatic heterocycles. The van der Waals surface area contributed by atoms with Crippen molar-refractivity contribution in [3.05, 3.63) is 101 Å². The van der Waals surface area contributed by atoms with Crippen molar-refractivity contribution in [3.8, 4) is 11.6 Å².